The van der Waals surface area contributed by atoms with Gasteiger partial charge in [0.25, 0.3) is 5.91 Å². The van der Waals surface area contributed by atoms with Crippen molar-refractivity contribution in [2.24, 2.45) is 7.05 Å². The van der Waals surface area contributed by atoms with Gasteiger partial charge in [-0.3, -0.25) is 4.79 Å². The van der Waals surface area contributed by atoms with Crippen LogP contribution in [-0.2, 0) is 7.05 Å². The van der Waals surface area contributed by atoms with Crippen LogP contribution in [0.15, 0.2) is 18.2 Å². The lowest BCUT2D eigenvalue weighted by molar-refractivity contribution is 0.0737. The molecule has 4 nitrogen and oxygen atoms in total. The Hall–Kier alpha value is -1.81. The van der Waals surface area contributed by atoms with E-state index in [4.69, 9.17) is 0 Å². The number of hydrogen-bond donors (Lipinski definition) is 1. The average Bonchev–Trinajstić information content (AvgIpc) is 2.71. The second kappa shape index (κ2) is 4.94. The monoisotopic (exact) mass is 271 g/mol. The van der Waals surface area contributed by atoms with Crippen LogP contribution in [0, 0.1) is 13.8 Å². The summed E-state index contributed by atoms with van der Waals surface area (Å²) in [5.74, 6) is 0.165. The summed E-state index contributed by atoms with van der Waals surface area (Å²) < 4.78 is 2.12. The molecule has 0 bridgehead atoms. The van der Waals surface area contributed by atoms with Gasteiger partial charge in [-0.2, -0.15) is 0 Å². The molecule has 0 radical (unpaired) electrons. The number of carbonyl (C=O) groups is 1. The van der Waals surface area contributed by atoms with Crippen LogP contribution in [0.4, 0.5) is 0 Å². The fourth-order valence-electron chi connectivity index (χ4n) is 2.97. The van der Waals surface area contributed by atoms with E-state index in [9.17, 15) is 4.79 Å². The molecule has 1 amide bonds. The number of piperazine rings is 1. The van der Waals surface area contributed by atoms with Crippen molar-refractivity contribution in [1.82, 2.24) is 14.8 Å². The maximum Gasteiger partial charge on any atom is 0.256 e. The molecule has 1 N–H and O–H groups in total. The highest BCUT2D eigenvalue weighted by atomic mass is 16.2. The predicted octanol–water partition coefficient (Wildman–Crippen LogP) is 1.84. The van der Waals surface area contributed by atoms with E-state index < -0.39 is 0 Å². The Kier molecular flexibility index (Phi) is 3.26. The van der Waals surface area contributed by atoms with Gasteiger partial charge in [-0.25, -0.2) is 0 Å². The van der Waals surface area contributed by atoms with Crippen LogP contribution in [0.1, 0.15) is 21.6 Å². The first kappa shape index (κ1) is 13.2. The van der Waals surface area contributed by atoms with E-state index in [0.29, 0.717) is 0 Å². The summed E-state index contributed by atoms with van der Waals surface area (Å²) in [5.41, 5.74) is 4.28. The van der Waals surface area contributed by atoms with Gasteiger partial charge in [-0.15, -0.1) is 0 Å². The summed E-state index contributed by atoms with van der Waals surface area (Å²) in [4.78, 5) is 14.8. The molecular formula is C16H21N3O. The minimum absolute atomic E-state index is 0.165. The Morgan fingerprint density at radius 2 is 1.90 bits per heavy atom. The van der Waals surface area contributed by atoms with Crippen molar-refractivity contribution < 1.29 is 4.79 Å². The predicted molar refractivity (Wildman–Crippen MR) is 81.2 cm³/mol. The van der Waals surface area contributed by atoms with Gasteiger partial charge < -0.3 is 14.8 Å². The van der Waals surface area contributed by atoms with Crippen LogP contribution < -0.4 is 5.32 Å². The lowest BCUT2D eigenvalue weighted by Gasteiger charge is -2.27. The third-order valence-corrected chi connectivity index (χ3v) is 4.27. The maximum atomic E-state index is 12.8. The molecule has 106 valence electrons. The minimum atomic E-state index is 0.165. The second-order valence-corrected chi connectivity index (χ2v) is 5.58. The molecule has 1 fully saturated rings. The number of hydrogen-bond acceptors (Lipinski definition) is 2. The SMILES string of the molecule is Cc1ccc2c(C(=O)N3CCNCC3)c(C)n(C)c2c1. The number of nitrogens with zero attached hydrogens (tertiary/aromatic N) is 2. The first-order chi connectivity index (χ1) is 9.59. The van der Waals surface area contributed by atoms with E-state index in [1.54, 1.807) is 0 Å². The molecule has 1 aliphatic heterocycles. The highest BCUT2D eigenvalue weighted by Gasteiger charge is 2.24. The zero-order valence-corrected chi connectivity index (χ0v) is 12.4. The van der Waals surface area contributed by atoms with Gasteiger partial charge >= 0.3 is 0 Å². The normalized spacial score (nSPS) is 15.8. The molecule has 1 saturated heterocycles. The number of aromatic nitrogens is 1. The number of carbonyl (C=O) groups excluding carboxylic acids is 1. The van der Waals surface area contributed by atoms with E-state index in [1.165, 1.54) is 5.56 Å². The first-order valence-corrected chi connectivity index (χ1v) is 7.15. The summed E-state index contributed by atoms with van der Waals surface area (Å²) >= 11 is 0. The van der Waals surface area contributed by atoms with Crippen LogP contribution in [-0.4, -0.2) is 41.6 Å². The van der Waals surface area contributed by atoms with Crippen molar-refractivity contribution in [1.29, 1.82) is 0 Å². The summed E-state index contributed by atoms with van der Waals surface area (Å²) in [7, 11) is 2.03. The van der Waals surface area contributed by atoms with E-state index in [-0.39, 0.29) is 5.91 Å². The number of aryl methyl sites for hydroxylation is 2. The van der Waals surface area contributed by atoms with Crippen molar-refractivity contribution in [3.05, 3.63) is 35.0 Å². The van der Waals surface area contributed by atoms with Crippen molar-refractivity contribution >= 4 is 16.8 Å². The lowest BCUT2D eigenvalue weighted by atomic mass is 10.1. The molecule has 0 unspecified atom stereocenters. The smallest absolute Gasteiger partial charge is 0.256 e. The summed E-state index contributed by atoms with van der Waals surface area (Å²) in [6, 6.07) is 6.31. The number of rotatable bonds is 1. The van der Waals surface area contributed by atoms with Gasteiger partial charge in [0.2, 0.25) is 0 Å². The van der Waals surface area contributed by atoms with E-state index >= 15 is 0 Å². The molecule has 0 atom stereocenters. The quantitative estimate of drug-likeness (QED) is 0.859. The van der Waals surface area contributed by atoms with Gasteiger partial charge in [-0.05, 0) is 25.5 Å². The Morgan fingerprint density at radius 3 is 2.60 bits per heavy atom. The van der Waals surface area contributed by atoms with E-state index in [2.05, 4.69) is 35.0 Å². The largest absolute Gasteiger partial charge is 0.347 e. The second-order valence-electron chi connectivity index (χ2n) is 5.58. The highest BCUT2D eigenvalue weighted by Crippen LogP contribution is 2.27. The average molecular weight is 271 g/mol. The number of amides is 1. The number of nitrogens with one attached hydrogen (secondary N) is 1. The molecule has 1 aromatic heterocycles. The highest BCUT2D eigenvalue weighted by molar-refractivity contribution is 6.08. The van der Waals surface area contributed by atoms with Crippen LogP contribution in [0.25, 0.3) is 10.9 Å². The van der Waals surface area contributed by atoms with Gasteiger partial charge in [0.05, 0.1) is 5.56 Å². The molecule has 20 heavy (non-hydrogen) atoms. The third kappa shape index (κ3) is 2.00. The molecule has 1 aromatic carbocycles. The molecule has 0 aliphatic carbocycles. The fourth-order valence-corrected chi connectivity index (χ4v) is 2.97. The maximum absolute atomic E-state index is 12.8. The molecule has 0 spiro atoms. The zero-order valence-electron chi connectivity index (χ0n) is 12.4. The Bertz CT molecular complexity index is 666. The van der Waals surface area contributed by atoms with Gasteiger partial charge in [-0.1, -0.05) is 12.1 Å². The van der Waals surface area contributed by atoms with E-state index in [0.717, 1.165) is 48.3 Å². The Balaban J connectivity index is 2.11. The molecular weight excluding hydrogens is 250 g/mol. The van der Waals surface area contributed by atoms with Gasteiger partial charge in [0, 0.05) is 49.8 Å². The molecule has 2 aromatic rings. The standard InChI is InChI=1S/C16H21N3O/c1-11-4-5-13-14(10-11)18(3)12(2)15(13)16(20)19-8-6-17-7-9-19/h4-5,10,17H,6-9H2,1-3H3. The summed E-state index contributed by atoms with van der Waals surface area (Å²) in [6.45, 7) is 7.47. The Morgan fingerprint density at radius 1 is 1.20 bits per heavy atom. The fraction of sp³-hybridized carbons (Fsp3) is 0.438. The number of fused-ring (bicyclic) bond motifs is 1. The molecule has 0 saturated carbocycles. The van der Waals surface area contributed by atoms with Crippen molar-refractivity contribution in [3.8, 4) is 0 Å². The minimum Gasteiger partial charge on any atom is -0.347 e. The van der Waals surface area contributed by atoms with Crippen LogP contribution in [0.3, 0.4) is 0 Å². The first-order valence-electron chi connectivity index (χ1n) is 7.15. The van der Waals surface area contributed by atoms with Crippen LogP contribution in [0.2, 0.25) is 0 Å². The lowest BCUT2D eigenvalue weighted by Crippen LogP contribution is -2.46. The summed E-state index contributed by atoms with van der Waals surface area (Å²) in [5, 5.41) is 4.36. The third-order valence-electron chi connectivity index (χ3n) is 4.27. The zero-order chi connectivity index (χ0) is 14.3. The molecule has 2 heterocycles. The van der Waals surface area contributed by atoms with E-state index in [1.807, 2.05) is 18.9 Å². The molecule has 4 heteroatoms. The molecule has 3 rings (SSSR count). The molecule has 1 aliphatic rings. The van der Waals surface area contributed by atoms with Crippen LogP contribution >= 0.6 is 0 Å². The topological polar surface area (TPSA) is 37.3 Å². The van der Waals surface area contributed by atoms with Gasteiger partial charge in [0.15, 0.2) is 0 Å². The van der Waals surface area contributed by atoms with Crippen molar-refractivity contribution in [3.63, 3.8) is 0 Å². The van der Waals surface area contributed by atoms with Gasteiger partial charge in [0.1, 0.15) is 0 Å². The number of benzene rings is 1. The van der Waals surface area contributed by atoms with Crippen molar-refractivity contribution in [2.45, 2.75) is 13.8 Å². The van der Waals surface area contributed by atoms with Crippen molar-refractivity contribution in [2.75, 3.05) is 26.2 Å². The Labute approximate surface area is 119 Å². The summed E-state index contributed by atoms with van der Waals surface area (Å²) in [6.07, 6.45) is 0. The van der Waals surface area contributed by atoms with Crippen LogP contribution in [0.5, 0.6) is 0 Å².